The van der Waals surface area contributed by atoms with Crippen molar-refractivity contribution in [2.75, 3.05) is 6.61 Å². The van der Waals surface area contributed by atoms with Crippen LogP contribution in [0.4, 0.5) is 0 Å². The van der Waals surface area contributed by atoms with Gasteiger partial charge in [-0.1, -0.05) is 51.2 Å². The Hall–Kier alpha value is -1.62. The number of carboxylic acid groups (broad SMARTS) is 1. The number of rotatable bonds is 12. The minimum absolute atomic E-state index is 0.110. The lowest BCUT2D eigenvalue weighted by Crippen LogP contribution is -2.50. The van der Waals surface area contributed by atoms with Crippen LogP contribution in [0.2, 0.25) is 0 Å². The zero-order valence-corrected chi connectivity index (χ0v) is 16.5. The highest BCUT2D eigenvalue weighted by molar-refractivity contribution is 5.81. The molecule has 0 radical (unpaired) electrons. The van der Waals surface area contributed by atoms with Crippen LogP contribution in [0.5, 0.6) is 0 Å². The van der Waals surface area contributed by atoms with Gasteiger partial charge in [-0.3, -0.25) is 4.79 Å². The first-order chi connectivity index (χ1) is 12.2. The monoisotopic (exact) mass is 366 g/mol. The van der Waals surface area contributed by atoms with Crippen LogP contribution in [0.1, 0.15) is 66.2 Å². The van der Waals surface area contributed by atoms with Crippen LogP contribution in [0.15, 0.2) is 23.3 Å². The van der Waals surface area contributed by atoms with Crippen LogP contribution < -0.4 is 0 Å². The molecule has 0 aromatic carbocycles. The average Bonchev–Trinajstić information content (AvgIpc) is 2.51. The van der Waals surface area contributed by atoms with E-state index in [1.807, 2.05) is 13.0 Å². The molecular formula is C21H34O5. The van der Waals surface area contributed by atoms with E-state index in [2.05, 4.69) is 20.8 Å². The number of carbonyl (C=O) groups excluding carboxylic acids is 1. The summed E-state index contributed by atoms with van der Waals surface area (Å²) in [6.45, 7) is 8.07. The fraction of sp³-hybridized carbons (Fsp3) is 0.714. The molecule has 1 aliphatic heterocycles. The lowest BCUT2D eigenvalue weighted by molar-refractivity contribution is -0.195. The van der Waals surface area contributed by atoms with Gasteiger partial charge in [0, 0.05) is 6.08 Å². The molecule has 1 aliphatic rings. The van der Waals surface area contributed by atoms with Crippen molar-refractivity contribution >= 4 is 11.9 Å². The predicted molar refractivity (Wildman–Crippen MR) is 102 cm³/mol. The number of aliphatic carboxylic acids is 1. The first-order valence-corrected chi connectivity index (χ1v) is 9.64. The maximum absolute atomic E-state index is 11.2. The molecular weight excluding hydrogens is 332 g/mol. The molecule has 5 heteroatoms. The van der Waals surface area contributed by atoms with E-state index in [0.29, 0.717) is 11.8 Å². The van der Waals surface area contributed by atoms with Gasteiger partial charge in [0.25, 0.3) is 0 Å². The van der Waals surface area contributed by atoms with Gasteiger partial charge in [0.05, 0.1) is 6.61 Å². The summed E-state index contributed by atoms with van der Waals surface area (Å²) in [5.74, 6) is -0.617. The molecule has 1 rings (SSSR count). The number of hydrogen-bond acceptors (Lipinski definition) is 4. The number of unbranched alkanes of at least 4 members (excludes halogenated alkanes) is 2. The van der Waals surface area contributed by atoms with Gasteiger partial charge in [-0.25, -0.2) is 4.79 Å². The summed E-state index contributed by atoms with van der Waals surface area (Å²) >= 11 is 0. The Morgan fingerprint density at radius 1 is 1.15 bits per heavy atom. The standard InChI is InChI=1S/C21H34O5/c1-14(10-15(2)11-16(3)12-19(23)24)8-6-5-7-9-17(4)20-18(13-22)21(25)26-20/h11-12,14,17-18,20,22H,5-10,13H2,1-4H3,(H,23,24)/b15-11+,16-12+/t14?,17-,18-,20-/m1/s1. The van der Waals surface area contributed by atoms with Crippen molar-refractivity contribution in [3.8, 4) is 0 Å². The highest BCUT2D eigenvalue weighted by Crippen LogP contribution is 2.31. The minimum Gasteiger partial charge on any atom is -0.478 e. The second-order valence-corrected chi connectivity index (χ2v) is 7.83. The molecule has 1 unspecified atom stereocenters. The maximum Gasteiger partial charge on any atom is 0.328 e. The largest absolute Gasteiger partial charge is 0.478 e. The molecule has 1 saturated heterocycles. The van der Waals surface area contributed by atoms with Gasteiger partial charge in [0.15, 0.2) is 0 Å². The van der Waals surface area contributed by atoms with Gasteiger partial charge in [0.2, 0.25) is 0 Å². The molecule has 0 aromatic rings. The molecule has 0 amide bonds. The Morgan fingerprint density at radius 2 is 1.81 bits per heavy atom. The van der Waals surface area contributed by atoms with Gasteiger partial charge in [-0.15, -0.1) is 0 Å². The number of aliphatic hydroxyl groups excluding tert-OH is 1. The summed E-state index contributed by atoms with van der Waals surface area (Å²) in [4.78, 5) is 21.9. The van der Waals surface area contributed by atoms with E-state index in [1.165, 1.54) is 18.1 Å². The highest BCUT2D eigenvalue weighted by atomic mass is 16.6. The van der Waals surface area contributed by atoms with E-state index in [1.54, 1.807) is 0 Å². The normalized spacial score (nSPS) is 23.2. The number of ether oxygens (including phenoxy) is 1. The molecule has 0 aliphatic carbocycles. The van der Waals surface area contributed by atoms with Crippen LogP contribution >= 0.6 is 0 Å². The molecule has 148 valence electrons. The third-order valence-electron chi connectivity index (χ3n) is 5.06. The Morgan fingerprint density at radius 3 is 2.38 bits per heavy atom. The fourth-order valence-corrected chi connectivity index (χ4v) is 3.69. The van der Waals surface area contributed by atoms with Gasteiger partial charge in [0.1, 0.15) is 12.0 Å². The Labute approximate surface area is 157 Å². The number of esters is 1. The van der Waals surface area contributed by atoms with E-state index in [-0.39, 0.29) is 24.6 Å². The Balaban J connectivity index is 2.18. The predicted octanol–water partition coefficient (Wildman–Crippen LogP) is 4.11. The zero-order valence-electron chi connectivity index (χ0n) is 16.5. The Kier molecular flexibility index (Phi) is 9.63. The summed E-state index contributed by atoms with van der Waals surface area (Å²) < 4.78 is 5.15. The van der Waals surface area contributed by atoms with E-state index < -0.39 is 5.97 Å². The molecule has 0 aromatic heterocycles. The molecule has 2 N–H and O–H groups in total. The van der Waals surface area contributed by atoms with Crippen LogP contribution in [0.3, 0.4) is 0 Å². The van der Waals surface area contributed by atoms with Crippen molar-refractivity contribution in [3.05, 3.63) is 23.3 Å². The van der Waals surface area contributed by atoms with Crippen molar-refractivity contribution in [1.29, 1.82) is 0 Å². The van der Waals surface area contributed by atoms with Crippen molar-refractivity contribution in [1.82, 2.24) is 0 Å². The molecule has 0 saturated carbocycles. The minimum atomic E-state index is -0.907. The fourth-order valence-electron chi connectivity index (χ4n) is 3.69. The van der Waals surface area contributed by atoms with Gasteiger partial charge >= 0.3 is 11.9 Å². The summed E-state index contributed by atoms with van der Waals surface area (Å²) in [5.41, 5.74) is 1.98. The van der Waals surface area contributed by atoms with Crippen molar-refractivity contribution in [2.45, 2.75) is 72.3 Å². The topological polar surface area (TPSA) is 83.8 Å². The number of aliphatic hydroxyl groups is 1. The summed E-state index contributed by atoms with van der Waals surface area (Å²) in [6, 6.07) is 0. The van der Waals surface area contributed by atoms with E-state index in [4.69, 9.17) is 9.84 Å². The van der Waals surface area contributed by atoms with E-state index >= 15 is 0 Å². The number of cyclic esters (lactones) is 1. The van der Waals surface area contributed by atoms with Gasteiger partial charge in [-0.2, -0.15) is 0 Å². The highest BCUT2D eigenvalue weighted by Gasteiger charge is 2.44. The smallest absolute Gasteiger partial charge is 0.328 e. The summed E-state index contributed by atoms with van der Waals surface area (Å²) in [5, 5.41) is 17.9. The number of allylic oxidation sites excluding steroid dienone is 3. The Bertz CT molecular complexity index is 535. The molecule has 1 fully saturated rings. The summed E-state index contributed by atoms with van der Waals surface area (Å²) in [7, 11) is 0. The van der Waals surface area contributed by atoms with Crippen LogP contribution in [0.25, 0.3) is 0 Å². The maximum atomic E-state index is 11.2. The molecule has 0 spiro atoms. The average molecular weight is 366 g/mol. The molecule has 26 heavy (non-hydrogen) atoms. The number of hydrogen-bond donors (Lipinski definition) is 2. The lowest BCUT2D eigenvalue weighted by atomic mass is 9.84. The molecule has 5 nitrogen and oxygen atoms in total. The SMILES string of the molecule is CC(=C\C(=O)O)/C=C(\C)CC(C)CCCCC[C@@H](C)[C@H]1OC(=O)[C@@H]1CO. The summed E-state index contributed by atoms with van der Waals surface area (Å²) in [6.07, 6.45) is 9.65. The van der Waals surface area contributed by atoms with Crippen LogP contribution in [-0.4, -0.2) is 34.9 Å². The number of carbonyl (C=O) groups is 2. The van der Waals surface area contributed by atoms with Gasteiger partial charge < -0.3 is 14.9 Å². The molecule has 0 bridgehead atoms. The van der Waals surface area contributed by atoms with Crippen molar-refractivity contribution in [2.24, 2.45) is 17.8 Å². The first kappa shape index (κ1) is 22.4. The third-order valence-corrected chi connectivity index (χ3v) is 5.06. The second kappa shape index (κ2) is 11.2. The molecule has 4 atom stereocenters. The molecule has 1 heterocycles. The van der Waals surface area contributed by atoms with Gasteiger partial charge in [-0.05, 0) is 44.1 Å². The second-order valence-electron chi connectivity index (χ2n) is 7.83. The first-order valence-electron chi connectivity index (χ1n) is 9.64. The van der Waals surface area contributed by atoms with Crippen LogP contribution in [-0.2, 0) is 14.3 Å². The third kappa shape index (κ3) is 7.73. The zero-order chi connectivity index (χ0) is 19.7. The van der Waals surface area contributed by atoms with Crippen molar-refractivity contribution < 1.29 is 24.5 Å². The lowest BCUT2D eigenvalue weighted by Gasteiger charge is -2.38. The van der Waals surface area contributed by atoms with E-state index in [9.17, 15) is 14.7 Å². The van der Waals surface area contributed by atoms with E-state index in [0.717, 1.165) is 37.7 Å². The quantitative estimate of drug-likeness (QED) is 0.235. The van der Waals surface area contributed by atoms with Crippen molar-refractivity contribution in [3.63, 3.8) is 0 Å². The number of carboxylic acids is 1. The van der Waals surface area contributed by atoms with Crippen LogP contribution in [0, 0.1) is 17.8 Å².